The summed E-state index contributed by atoms with van der Waals surface area (Å²) in [4.78, 5) is 2.18. The lowest BCUT2D eigenvalue weighted by Crippen LogP contribution is -2.46. The van der Waals surface area contributed by atoms with Gasteiger partial charge in [0.05, 0.1) is 12.6 Å². The quantitative estimate of drug-likeness (QED) is 0.883. The summed E-state index contributed by atoms with van der Waals surface area (Å²) in [6, 6.07) is 4.67. The van der Waals surface area contributed by atoms with E-state index < -0.39 is 0 Å². The van der Waals surface area contributed by atoms with E-state index in [0.717, 1.165) is 31.7 Å². The van der Waals surface area contributed by atoms with Gasteiger partial charge in [-0.15, -0.1) is 12.4 Å². The molecule has 2 rings (SSSR count). The number of aliphatic hydroxyl groups is 1. The van der Waals surface area contributed by atoms with Crippen LogP contribution in [0.15, 0.2) is 22.7 Å². The van der Waals surface area contributed by atoms with Gasteiger partial charge in [0.2, 0.25) is 0 Å². The first kappa shape index (κ1) is 15.9. The zero-order valence-corrected chi connectivity index (χ0v) is 12.3. The second-order valence-electron chi connectivity index (χ2n) is 4.19. The minimum atomic E-state index is -0.275. The molecular formula is C12H17BrClFN2O. The molecule has 1 aromatic carbocycles. The maximum atomic E-state index is 13.3. The first-order chi connectivity index (χ1) is 8.20. The third kappa shape index (κ3) is 3.90. The molecule has 0 amide bonds. The molecular weight excluding hydrogens is 323 g/mol. The van der Waals surface area contributed by atoms with Crippen LogP contribution in [0.5, 0.6) is 0 Å². The molecule has 1 aliphatic rings. The number of benzene rings is 1. The van der Waals surface area contributed by atoms with Gasteiger partial charge in [-0.05, 0) is 23.8 Å². The molecule has 0 radical (unpaired) electrons. The summed E-state index contributed by atoms with van der Waals surface area (Å²) in [6.45, 7) is 3.58. The lowest BCUT2D eigenvalue weighted by molar-refractivity contribution is 0.110. The molecule has 0 aliphatic carbocycles. The number of aliphatic hydroxyl groups excluding tert-OH is 1. The third-order valence-electron chi connectivity index (χ3n) is 3.03. The van der Waals surface area contributed by atoms with Crippen LogP contribution in [0, 0.1) is 5.82 Å². The summed E-state index contributed by atoms with van der Waals surface area (Å²) in [5.74, 6) is -0.275. The average Bonchev–Trinajstić information content (AvgIpc) is 2.30. The maximum absolute atomic E-state index is 13.3. The number of hydrogen-bond donors (Lipinski definition) is 2. The molecule has 1 aliphatic heterocycles. The predicted molar refractivity (Wildman–Crippen MR) is 75.6 cm³/mol. The van der Waals surface area contributed by atoms with Gasteiger partial charge in [-0.25, -0.2) is 4.39 Å². The predicted octanol–water partition coefficient (Wildman–Crippen LogP) is 1.95. The van der Waals surface area contributed by atoms with E-state index in [1.165, 1.54) is 12.1 Å². The second kappa shape index (κ2) is 7.40. The van der Waals surface area contributed by atoms with Crippen LogP contribution in [0.2, 0.25) is 0 Å². The van der Waals surface area contributed by atoms with Crippen LogP contribution in [-0.4, -0.2) is 42.8 Å². The highest BCUT2D eigenvalue weighted by Gasteiger charge is 2.22. The smallest absolute Gasteiger partial charge is 0.124 e. The Kier molecular flexibility index (Phi) is 6.52. The molecule has 6 heteroatoms. The summed E-state index contributed by atoms with van der Waals surface area (Å²) in [7, 11) is 0. The van der Waals surface area contributed by atoms with Gasteiger partial charge in [-0.2, -0.15) is 0 Å². The van der Waals surface area contributed by atoms with Crippen LogP contribution < -0.4 is 5.32 Å². The highest BCUT2D eigenvalue weighted by Crippen LogP contribution is 2.24. The molecule has 3 nitrogen and oxygen atoms in total. The number of halogens is 3. The minimum absolute atomic E-state index is 0. The highest BCUT2D eigenvalue weighted by atomic mass is 79.9. The van der Waals surface area contributed by atoms with Crippen molar-refractivity contribution in [2.45, 2.75) is 6.04 Å². The van der Waals surface area contributed by atoms with Crippen LogP contribution in [0.1, 0.15) is 11.6 Å². The van der Waals surface area contributed by atoms with Gasteiger partial charge < -0.3 is 10.4 Å². The van der Waals surface area contributed by atoms with E-state index in [-0.39, 0.29) is 30.9 Å². The molecule has 2 N–H and O–H groups in total. The van der Waals surface area contributed by atoms with E-state index in [1.54, 1.807) is 0 Å². The van der Waals surface area contributed by atoms with E-state index in [4.69, 9.17) is 0 Å². The lowest BCUT2D eigenvalue weighted by atomic mass is 10.1. The third-order valence-corrected chi connectivity index (χ3v) is 3.49. The molecule has 1 aromatic rings. The van der Waals surface area contributed by atoms with Crippen LogP contribution in [0.25, 0.3) is 0 Å². The summed E-state index contributed by atoms with van der Waals surface area (Å²) in [5.41, 5.74) is 0.821. The summed E-state index contributed by atoms with van der Waals surface area (Å²) < 4.78 is 14.1. The van der Waals surface area contributed by atoms with Crippen molar-refractivity contribution in [1.29, 1.82) is 0 Å². The van der Waals surface area contributed by atoms with Crippen molar-refractivity contribution in [3.8, 4) is 0 Å². The van der Waals surface area contributed by atoms with Crippen LogP contribution in [0.4, 0.5) is 4.39 Å². The zero-order valence-electron chi connectivity index (χ0n) is 9.90. The lowest BCUT2D eigenvalue weighted by Gasteiger charge is -2.34. The number of nitrogens with zero attached hydrogens (tertiary/aromatic N) is 1. The van der Waals surface area contributed by atoms with Crippen molar-refractivity contribution in [2.24, 2.45) is 0 Å². The largest absolute Gasteiger partial charge is 0.394 e. The Morgan fingerprint density at radius 3 is 2.56 bits per heavy atom. The topological polar surface area (TPSA) is 35.5 Å². The number of hydrogen-bond acceptors (Lipinski definition) is 3. The van der Waals surface area contributed by atoms with Crippen LogP contribution in [-0.2, 0) is 0 Å². The van der Waals surface area contributed by atoms with Gasteiger partial charge in [-0.1, -0.05) is 15.9 Å². The zero-order chi connectivity index (χ0) is 12.3. The Bertz CT molecular complexity index is 368. The SMILES string of the molecule is Cl.OC[C@@H](c1cc(F)cc(Br)c1)N1CCNCC1. The van der Waals surface area contributed by atoms with Crippen LogP contribution in [0.3, 0.4) is 0 Å². The number of rotatable bonds is 3. The first-order valence-electron chi connectivity index (χ1n) is 5.72. The molecule has 0 saturated carbocycles. The fraction of sp³-hybridized carbons (Fsp3) is 0.500. The Hall–Kier alpha value is -0.200. The van der Waals surface area contributed by atoms with E-state index in [1.807, 2.05) is 6.07 Å². The molecule has 1 atom stereocenters. The van der Waals surface area contributed by atoms with Crippen molar-refractivity contribution in [1.82, 2.24) is 10.2 Å². The van der Waals surface area contributed by atoms with Crippen molar-refractivity contribution < 1.29 is 9.50 Å². The molecule has 1 saturated heterocycles. The monoisotopic (exact) mass is 338 g/mol. The molecule has 0 aromatic heterocycles. The molecule has 102 valence electrons. The first-order valence-corrected chi connectivity index (χ1v) is 6.51. The Labute approximate surface area is 121 Å². The highest BCUT2D eigenvalue weighted by molar-refractivity contribution is 9.10. The number of piperazine rings is 1. The Balaban J connectivity index is 0.00000162. The van der Waals surface area contributed by atoms with E-state index in [9.17, 15) is 9.50 Å². The van der Waals surface area contributed by atoms with E-state index in [2.05, 4.69) is 26.1 Å². The van der Waals surface area contributed by atoms with E-state index >= 15 is 0 Å². The van der Waals surface area contributed by atoms with Gasteiger partial charge in [0.15, 0.2) is 0 Å². The summed E-state index contributed by atoms with van der Waals surface area (Å²) >= 11 is 3.28. The van der Waals surface area contributed by atoms with Crippen molar-refractivity contribution >= 4 is 28.3 Å². The van der Waals surface area contributed by atoms with E-state index in [0.29, 0.717) is 4.47 Å². The molecule has 18 heavy (non-hydrogen) atoms. The molecule has 0 unspecified atom stereocenters. The standard InChI is InChI=1S/C12H16BrFN2O.ClH/c13-10-5-9(6-11(14)7-10)12(8-17)16-3-1-15-2-4-16;/h5-7,12,15,17H,1-4,8H2;1H/t12-;/m0./s1. The molecule has 1 heterocycles. The van der Waals surface area contributed by atoms with Crippen LogP contribution >= 0.6 is 28.3 Å². The fourth-order valence-electron chi connectivity index (χ4n) is 2.19. The van der Waals surface area contributed by atoms with Gasteiger partial charge in [0.1, 0.15) is 5.82 Å². The van der Waals surface area contributed by atoms with Gasteiger partial charge in [0, 0.05) is 30.7 Å². The number of nitrogens with one attached hydrogen (secondary N) is 1. The molecule has 1 fully saturated rings. The maximum Gasteiger partial charge on any atom is 0.124 e. The van der Waals surface area contributed by atoms with Gasteiger partial charge in [-0.3, -0.25) is 4.90 Å². The normalized spacial score (nSPS) is 18.2. The second-order valence-corrected chi connectivity index (χ2v) is 5.10. The van der Waals surface area contributed by atoms with Gasteiger partial charge >= 0.3 is 0 Å². The fourth-order valence-corrected chi connectivity index (χ4v) is 2.68. The van der Waals surface area contributed by atoms with Gasteiger partial charge in [0.25, 0.3) is 0 Å². The Morgan fingerprint density at radius 2 is 2.00 bits per heavy atom. The minimum Gasteiger partial charge on any atom is -0.394 e. The molecule has 0 spiro atoms. The summed E-state index contributed by atoms with van der Waals surface area (Å²) in [5, 5.41) is 12.8. The Morgan fingerprint density at radius 1 is 1.33 bits per heavy atom. The molecule has 0 bridgehead atoms. The summed E-state index contributed by atoms with van der Waals surface area (Å²) in [6.07, 6.45) is 0. The van der Waals surface area contributed by atoms with Crippen molar-refractivity contribution in [3.63, 3.8) is 0 Å². The van der Waals surface area contributed by atoms with Crippen molar-refractivity contribution in [3.05, 3.63) is 34.1 Å². The average molecular weight is 340 g/mol. The van der Waals surface area contributed by atoms with Crippen molar-refractivity contribution in [2.75, 3.05) is 32.8 Å².